The fourth-order valence-electron chi connectivity index (χ4n) is 2.33. The number of allylic oxidation sites excluding steroid dienone is 5. The van der Waals surface area contributed by atoms with Crippen molar-refractivity contribution in [1.82, 2.24) is 0 Å². The molecule has 1 nitrogen and oxygen atoms in total. The number of rotatable bonds is 4. The van der Waals surface area contributed by atoms with Crippen molar-refractivity contribution in [1.29, 1.82) is 0 Å². The summed E-state index contributed by atoms with van der Waals surface area (Å²) >= 11 is 0. The highest BCUT2D eigenvalue weighted by atomic mass is 14.7. The predicted octanol–water partition coefficient (Wildman–Crippen LogP) is 4.04. The van der Waals surface area contributed by atoms with E-state index in [9.17, 15) is 0 Å². The summed E-state index contributed by atoms with van der Waals surface area (Å²) in [5.74, 6) is 0.685. The van der Waals surface area contributed by atoms with Gasteiger partial charge in [-0.1, -0.05) is 32.1 Å². The average molecular weight is 201 g/mol. The van der Waals surface area contributed by atoms with Gasteiger partial charge in [-0.05, 0) is 36.3 Å². The van der Waals surface area contributed by atoms with E-state index in [1.54, 1.807) is 0 Å². The topological polar surface area (TPSA) is 12.4 Å². The normalized spacial score (nSPS) is 19.5. The summed E-state index contributed by atoms with van der Waals surface area (Å²) in [7, 11) is 0. The van der Waals surface area contributed by atoms with Gasteiger partial charge in [0.15, 0.2) is 0 Å². The number of hydrogen-bond acceptors (Lipinski definition) is 1. The molecule has 0 aromatic heterocycles. The Labute approximate surface area is 92.3 Å². The van der Waals surface area contributed by atoms with Crippen molar-refractivity contribution < 1.29 is 0 Å². The molecular weight excluding hydrogens is 182 g/mol. The highest BCUT2D eigenvalue weighted by Gasteiger charge is 2.19. The van der Waals surface area contributed by atoms with Crippen LogP contribution in [0.15, 0.2) is 40.6 Å². The lowest BCUT2D eigenvalue weighted by molar-refractivity contribution is 0.637. The third kappa shape index (κ3) is 2.11. The van der Waals surface area contributed by atoms with Crippen molar-refractivity contribution in [2.45, 2.75) is 39.5 Å². The lowest BCUT2D eigenvalue weighted by atomic mass is 9.92. The summed E-state index contributed by atoms with van der Waals surface area (Å²) in [6.45, 7) is 4.51. The number of aliphatic imine (C=N–C) groups is 1. The molecule has 80 valence electrons. The molecule has 0 spiro atoms. The van der Waals surface area contributed by atoms with Crippen LogP contribution < -0.4 is 0 Å². The summed E-state index contributed by atoms with van der Waals surface area (Å²) in [6, 6.07) is 0. The maximum Gasteiger partial charge on any atom is 0.0309 e. The number of hydrogen-bond donors (Lipinski definition) is 0. The molecule has 1 heteroatoms. The van der Waals surface area contributed by atoms with Gasteiger partial charge in [-0.2, -0.15) is 0 Å². The van der Waals surface area contributed by atoms with Crippen molar-refractivity contribution in [2.75, 3.05) is 0 Å². The van der Waals surface area contributed by atoms with E-state index in [0.29, 0.717) is 5.92 Å². The maximum absolute atomic E-state index is 4.58. The molecule has 1 aliphatic carbocycles. The van der Waals surface area contributed by atoms with Gasteiger partial charge in [0, 0.05) is 18.3 Å². The van der Waals surface area contributed by atoms with Crippen molar-refractivity contribution in [3.05, 3.63) is 35.6 Å². The van der Waals surface area contributed by atoms with E-state index >= 15 is 0 Å². The SMILES string of the molecule is CCC(CC)C1=NC=C(C2=CCC=C2)C1. The van der Waals surface area contributed by atoms with E-state index in [0.717, 1.165) is 12.8 Å². The minimum Gasteiger partial charge on any atom is -0.265 e. The molecule has 2 aliphatic rings. The van der Waals surface area contributed by atoms with Crippen LogP contribution in [0, 0.1) is 5.92 Å². The van der Waals surface area contributed by atoms with E-state index in [2.05, 4.69) is 43.3 Å². The molecule has 0 radical (unpaired) electrons. The van der Waals surface area contributed by atoms with Crippen LogP contribution >= 0.6 is 0 Å². The standard InChI is InChI=1S/C14H19N/c1-3-11(4-2)14-9-13(10-15-14)12-7-5-6-8-12/h5,7-8,10-11H,3-4,6,9H2,1-2H3. The zero-order chi connectivity index (χ0) is 10.7. The zero-order valence-corrected chi connectivity index (χ0v) is 9.66. The van der Waals surface area contributed by atoms with Crippen LogP contribution in [0.4, 0.5) is 0 Å². The Morgan fingerprint density at radius 3 is 2.73 bits per heavy atom. The van der Waals surface area contributed by atoms with E-state index in [1.807, 2.05) is 0 Å². The van der Waals surface area contributed by atoms with Crippen molar-refractivity contribution in [2.24, 2.45) is 10.9 Å². The second-order valence-electron chi connectivity index (χ2n) is 4.26. The van der Waals surface area contributed by atoms with Crippen molar-refractivity contribution in [3.63, 3.8) is 0 Å². The molecule has 0 N–H and O–H groups in total. The molecule has 0 bridgehead atoms. The fourth-order valence-corrected chi connectivity index (χ4v) is 2.33. The average Bonchev–Trinajstić information content (AvgIpc) is 2.89. The molecule has 0 fully saturated rings. The van der Waals surface area contributed by atoms with Gasteiger partial charge in [0.2, 0.25) is 0 Å². The van der Waals surface area contributed by atoms with Gasteiger partial charge in [0.05, 0.1) is 0 Å². The van der Waals surface area contributed by atoms with Crippen LogP contribution in [-0.2, 0) is 0 Å². The van der Waals surface area contributed by atoms with E-state index in [-0.39, 0.29) is 0 Å². The quantitative estimate of drug-likeness (QED) is 0.651. The van der Waals surface area contributed by atoms with Crippen LogP contribution in [0.5, 0.6) is 0 Å². The van der Waals surface area contributed by atoms with Gasteiger partial charge in [-0.3, -0.25) is 4.99 Å². The second kappa shape index (κ2) is 4.61. The molecule has 0 aromatic rings. The first-order valence-corrected chi connectivity index (χ1v) is 5.97. The predicted molar refractivity (Wildman–Crippen MR) is 66.0 cm³/mol. The Hall–Kier alpha value is -1.11. The lowest BCUT2D eigenvalue weighted by Crippen LogP contribution is -2.11. The largest absolute Gasteiger partial charge is 0.265 e. The smallest absolute Gasteiger partial charge is 0.0309 e. The molecule has 0 amide bonds. The molecule has 0 unspecified atom stereocenters. The molecule has 1 heterocycles. The monoisotopic (exact) mass is 201 g/mol. The first-order chi connectivity index (χ1) is 7.35. The van der Waals surface area contributed by atoms with Crippen LogP contribution in [0.2, 0.25) is 0 Å². The van der Waals surface area contributed by atoms with Crippen molar-refractivity contribution in [3.8, 4) is 0 Å². The molecule has 1 aliphatic heterocycles. The second-order valence-corrected chi connectivity index (χ2v) is 4.26. The highest BCUT2D eigenvalue weighted by Crippen LogP contribution is 2.28. The third-order valence-corrected chi connectivity index (χ3v) is 3.36. The Balaban J connectivity index is 2.00. The van der Waals surface area contributed by atoms with E-state index in [4.69, 9.17) is 0 Å². The van der Waals surface area contributed by atoms with Gasteiger partial charge in [-0.25, -0.2) is 0 Å². The van der Waals surface area contributed by atoms with Crippen LogP contribution in [-0.4, -0.2) is 5.71 Å². The Morgan fingerprint density at radius 1 is 1.33 bits per heavy atom. The Bertz CT molecular complexity index is 352. The van der Waals surface area contributed by atoms with Crippen molar-refractivity contribution >= 4 is 5.71 Å². The molecule has 0 aromatic carbocycles. The minimum absolute atomic E-state index is 0.685. The molecule has 0 atom stereocenters. The molecular formula is C14H19N. The maximum atomic E-state index is 4.58. The molecule has 15 heavy (non-hydrogen) atoms. The first-order valence-electron chi connectivity index (χ1n) is 5.97. The van der Waals surface area contributed by atoms with Gasteiger partial charge in [-0.15, -0.1) is 0 Å². The fraction of sp³-hybridized carbons (Fsp3) is 0.500. The van der Waals surface area contributed by atoms with E-state index in [1.165, 1.54) is 29.7 Å². The van der Waals surface area contributed by atoms with Crippen LogP contribution in [0.25, 0.3) is 0 Å². The highest BCUT2D eigenvalue weighted by molar-refractivity contribution is 5.92. The summed E-state index contributed by atoms with van der Waals surface area (Å²) in [5.41, 5.74) is 4.18. The summed E-state index contributed by atoms with van der Waals surface area (Å²) < 4.78 is 0. The summed E-state index contributed by atoms with van der Waals surface area (Å²) in [6.07, 6.45) is 13.4. The van der Waals surface area contributed by atoms with Gasteiger partial charge in [0.25, 0.3) is 0 Å². The molecule has 0 saturated heterocycles. The molecule has 2 rings (SSSR count). The first kappa shape index (κ1) is 10.4. The summed E-state index contributed by atoms with van der Waals surface area (Å²) in [5, 5.41) is 0. The van der Waals surface area contributed by atoms with Crippen LogP contribution in [0.1, 0.15) is 39.5 Å². The summed E-state index contributed by atoms with van der Waals surface area (Å²) in [4.78, 5) is 4.58. The number of nitrogens with zero attached hydrogens (tertiary/aromatic N) is 1. The van der Waals surface area contributed by atoms with Gasteiger partial charge >= 0.3 is 0 Å². The van der Waals surface area contributed by atoms with Crippen LogP contribution in [0.3, 0.4) is 0 Å². The lowest BCUT2D eigenvalue weighted by Gasteiger charge is -2.12. The third-order valence-electron chi connectivity index (χ3n) is 3.36. The Kier molecular flexibility index (Phi) is 3.20. The minimum atomic E-state index is 0.685. The zero-order valence-electron chi connectivity index (χ0n) is 9.66. The Morgan fingerprint density at radius 2 is 2.13 bits per heavy atom. The van der Waals surface area contributed by atoms with E-state index < -0.39 is 0 Å². The van der Waals surface area contributed by atoms with Gasteiger partial charge < -0.3 is 0 Å². The van der Waals surface area contributed by atoms with Gasteiger partial charge in [0.1, 0.15) is 0 Å². The molecule has 0 saturated carbocycles.